The zero-order valence-corrected chi connectivity index (χ0v) is 27.5. The van der Waals surface area contributed by atoms with Crippen LogP contribution >= 0.6 is 0 Å². The molecule has 0 saturated carbocycles. The first-order valence-electron chi connectivity index (χ1n) is 14.3. The van der Waals surface area contributed by atoms with Crippen molar-refractivity contribution in [3.63, 3.8) is 0 Å². The number of anilines is 1. The average molecular weight is 626 g/mol. The Balaban J connectivity index is 2.17. The SMILES string of the molecule is CC[C@@H](C(=O)NC(C)(C)C)N(Cc1cccc(OC)c1)C(=O)CN(c1cc(OC)ccc1OC)S(=O)(=O)c1ccc(C)cc1. The normalized spacial score (nSPS) is 12.2. The Morgan fingerprint density at radius 2 is 1.52 bits per heavy atom. The molecule has 44 heavy (non-hydrogen) atoms. The number of aryl methyl sites for hydroxylation is 1. The molecule has 0 saturated heterocycles. The van der Waals surface area contributed by atoms with E-state index in [0.717, 1.165) is 9.87 Å². The third-order valence-electron chi connectivity index (χ3n) is 6.91. The Labute approximate surface area is 261 Å². The standard InChI is InChI=1S/C33H43N3O7S/c1-9-28(32(38)34-33(3,4)5)35(21-24-11-10-12-25(19-24)41-6)31(37)22-36(29-20-26(42-7)15-18-30(29)43-8)44(39,40)27-16-13-23(2)14-17-27/h10-20,28H,9,21-22H2,1-8H3,(H,34,38)/t28-/m0/s1. The van der Waals surface area contributed by atoms with Gasteiger partial charge in [-0.3, -0.25) is 13.9 Å². The summed E-state index contributed by atoms with van der Waals surface area (Å²) in [5.74, 6) is 0.270. The topological polar surface area (TPSA) is 114 Å². The van der Waals surface area contributed by atoms with Crippen molar-refractivity contribution in [3.05, 3.63) is 77.9 Å². The quantitative estimate of drug-likeness (QED) is 0.286. The van der Waals surface area contributed by atoms with E-state index in [0.29, 0.717) is 23.5 Å². The van der Waals surface area contributed by atoms with Crippen molar-refractivity contribution in [2.24, 2.45) is 0 Å². The molecule has 1 atom stereocenters. The van der Waals surface area contributed by atoms with Crippen molar-refractivity contribution >= 4 is 27.5 Å². The summed E-state index contributed by atoms with van der Waals surface area (Å²) in [6, 6.07) is 17.4. The third-order valence-corrected chi connectivity index (χ3v) is 8.69. The smallest absolute Gasteiger partial charge is 0.264 e. The van der Waals surface area contributed by atoms with Crippen molar-refractivity contribution in [1.82, 2.24) is 10.2 Å². The number of hydrogen-bond acceptors (Lipinski definition) is 7. The minimum atomic E-state index is -4.29. The number of amides is 2. The van der Waals surface area contributed by atoms with Gasteiger partial charge >= 0.3 is 0 Å². The molecule has 11 heteroatoms. The van der Waals surface area contributed by atoms with Crippen LogP contribution in [0.15, 0.2) is 71.6 Å². The summed E-state index contributed by atoms with van der Waals surface area (Å²) in [5.41, 5.74) is 1.16. The molecule has 0 fully saturated rings. The lowest BCUT2D eigenvalue weighted by molar-refractivity contribution is -0.141. The fourth-order valence-corrected chi connectivity index (χ4v) is 6.10. The van der Waals surface area contributed by atoms with Crippen LogP contribution in [0.25, 0.3) is 0 Å². The van der Waals surface area contributed by atoms with Crippen molar-refractivity contribution in [3.8, 4) is 17.2 Å². The minimum Gasteiger partial charge on any atom is -0.497 e. The maximum Gasteiger partial charge on any atom is 0.264 e. The van der Waals surface area contributed by atoms with Gasteiger partial charge in [-0.1, -0.05) is 36.8 Å². The molecule has 3 rings (SSSR count). The van der Waals surface area contributed by atoms with E-state index in [4.69, 9.17) is 14.2 Å². The second-order valence-electron chi connectivity index (χ2n) is 11.4. The molecule has 0 aliphatic carbocycles. The summed E-state index contributed by atoms with van der Waals surface area (Å²) in [5, 5.41) is 2.97. The number of carbonyl (C=O) groups excluding carboxylic acids is 2. The van der Waals surface area contributed by atoms with Gasteiger partial charge in [-0.15, -0.1) is 0 Å². The summed E-state index contributed by atoms with van der Waals surface area (Å²) in [6.45, 7) is 8.67. The zero-order chi connectivity index (χ0) is 32.7. The molecule has 0 heterocycles. The van der Waals surface area contributed by atoms with Gasteiger partial charge in [0.2, 0.25) is 11.8 Å². The van der Waals surface area contributed by atoms with E-state index in [9.17, 15) is 18.0 Å². The van der Waals surface area contributed by atoms with Gasteiger partial charge < -0.3 is 24.4 Å². The molecule has 2 amide bonds. The zero-order valence-electron chi connectivity index (χ0n) is 26.7. The first-order chi connectivity index (χ1) is 20.7. The van der Waals surface area contributed by atoms with Gasteiger partial charge in [0.25, 0.3) is 10.0 Å². The summed E-state index contributed by atoms with van der Waals surface area (Å²) in [6.07, 6.45) is 0.296. The molecule has 3 aromatic carbocycles. The first kappa shape index (κ1) is 34.2. The van der Waals surface area contributed by atoms with Crippen LogP contribution < -0.4 is 23.8 Å². The molecule has 0 aliphatic rings. The maximum atomic E-state index is 14.4. The number of hydrogen-bond donors (Lipinski definition) is 1. The summed E-state index contributed by atoms with van der Waals surface area (Å²) in [4.78, 5) is 29.3. The lowest BCUT2D eigenvalue weighted by Gasteiger charge is -2.35. The van der Waals surface area contributed by atoms with E-state index in [1.165, 1.54) is 37.3 Å². The van der Waals surface area contributed by atoms with Crippen LogP contribution in [0, 0.1) is 6.92 Å². The van der Waals surface area contributed by atoms with Gasteiger partial charge in [-0.05, 0) is 76.1 Å². The maximum absolute atomic E-state index is 14.4. The summed E-state index contributed by atoms with van der Waals surface area (Å²) >= 11 is 0. The van der Waals surface area contributed by atoms with E-state index in [1.807, 2.05) is 40.7 Å². The molecule has 0 aromatic heterocycles. The second kappa shape index (κ2) is 14.5. The van der Waals surface area contributed by atoms with E-state index in [2.05, 4.69) is 5.32 Å². The number of ether oxygens (including phenoxy) is 3. The van der Waals surface area contributed by atoms with Gasteiger partial charge in [-0.2, -0.15) is 0 Å². The summed E-state index contributed by atoms with van der Waals surface area (Å²) in [7, 11) is 0.135. The Kier molecular flexibility index (Phi) is 11.3. The number of methoxy groups -OCH3 is 3. The van der Waals surface area contributed by atoms with Crippen molar-refractivity contribution < 1.29 is 32.2 Å². The Bertz CT molecular complexity index is 1550. The molecule has 3 aromatic rings. The Morgan fingerprint density at radius 1 is 0.886 bits per heavy atom. The molecule has 0 aliphatic heterocycles. The molecule has 10 nitrogen and oxygen atoms in total. The highest BCUT2D eigenvalue weighted by Gasteiger charge is 2.35. The van der Waals surface area contributed by atoms with Crippen LogP contribution in [0.3, 0.4) is 0 Å². The summed E-state index contributed by atoms with van der Waals surface area (Å²) < 4.78 is 45.8. The monoisotopic (exact) mass is 625 g/mol. The number of carbonyl (C=O) groups is 2. The number of benzene rings is 3. The molecule has 0 unspecified atom stereocenters. The fraction of sp³-hybridized carbons (Fsp3) is 0.394. The van der Waals surface area contributed by atoms with E-state index >= 15 is 0 Å². The van der Waals surface area contributed by atoms with Gasteiger partial charge in [0.1, 0.15) is 29.8 Å². The number of nitrogens with one attached hydrogen (secondary N) is 1. The van der Waals surface area contributed by atoms with E-state index in [-0.39, 0.29) is 28.8 Å². The highest BCUT2D eigenvalue weighted by molar-refractivity contribution is 7.92. The predicted molar refractivity (Wildman–Crippen MR) is 171 cm³/mol. The van der Waals surface area contributed by atoms with Crippen LogP contribution in [0.2, 0.25) is 0 Å². The largest absolute Gasteiger partial charge is 0.497 e. The Hall–Kier alpha value is -4.25. The molecular formula is C33H43N3O7S. The molecule has 1 N–H and O–H groups in total. The Morgan fingerprint density at radius 3 is 2.09 bits per heavy atom. The molecular weight excluding hydrogens is 582 g/mol. The second-order valence-corrected chi connectivity index (χ2v) is 13.3. The van der Waals surface area contributed by atoms with Crippen LogP contribution in [0.5, 0.6) is 17.2 Å². The first-order valence-corrected chi connectivity index (χ1v) is 15.7. The van der Waals surface area contributed by atoms with Crippen molar-refractivity contribution in [1.29, 1.82) is 0 Å². The molecule has 0 radical (unpaired) electrons. The van der Waals surface area contributed by atoms with Crippen LogP contribution in [-0.4, -0.2) is 64.6 Å². The highest BCUT2D eigenvalue weighted by Crippen LogP contribution is 2.36. The predicted octanol–water partition coefficient (Wildman–Crippen LogP) is 4.94. The van der Waals surface area contributed by atoms with Crippen LogP contribution in [0.1, 0.15) is 45.2 Å². The van der Waals surface area contributed by atoms with E-state index < -0.39 is 34.1 Å². The molecule has 0 spiro atoms. The van der Waals surface area contributed by atoms with Crippen LogP contribution in [0.4, 0.5) is 5.69 Å². The average Bonchev–Trinajstić information content (AvgIpc) is 2.98. The highest BCUT2D eigenvalue weighted by atomic mass is 32.2. The fourth-order valence-electron chi connectivity index (χ4n) is 4.68. The van der Waals surface area contributed by atoms with Gasteiger partial charge in [0, 0.05) is 18.2 Å². The van der Waals surface area contributed by atoms with Gasteiger partial charge in [-0.25, -0.2) is 8.42 Å². The molecule has 238 valence electrons. The van der Waals surface area contributed by atoms with Crippen LogP contribution in [-0.2, 0) is 26.2 Å². The van der Waals surface area contributed by atoms with Gasteiger partial charge in [0.05, 0.1) is 31.9 Å². The number of rotatable bonds is 13. The van der Waals surface area contributed by atoms with Crippen molar-refractivity contribution in [2.45, 2.75) is 64.1 Å². The molecule has 0 bridgehead atoms. The van der Waals surface area contributed by atoms with Crippen molar-refractivity contribution in [2.75, 3.05) is 32.2 Å². The van der Waals surface area contributed by atoms with Gasteiger partial charge in [0.15, 0.2) is 0 Å². The lowest BCUT2D eigenvalue weighted by atomic mass is 10.1. The minimum absolute atomic E-state index is 0.00219. The van der Waals surface area contributed by atoms with E-state index in [1.54, 1.807) is 49.6 Å². The number of nitrogens with zero attached hydrogens (tertiary/aromatic N) is 2. The number of sulfonamides is 1. The lowest BCUT2D eigenvalue weighted by Crippen LogP contribution is -2.55. The third kappa shape index (κ3) is 8.43.